The number of benzene rings is 1. The molecule has 0 radical (unpaired) electrons. The normalized spacial score (nSPS) is 16.7. The van der Waals surface area contributed by atoms with E-state index >= 15 is 0 Å². The minimum atomic E-state index is -0.869. The average molecular weight is 488 g/mol. The molecule has 0 aliphatic heterocycles. The number of allylic oxidation sites excluding steroid dienone is 2. The number of aliphatic hydroxyl groups is 1. The van der Waals surface area contributed by atoms with Gasteiger partial charge in [0.15, 0.2) is 5.78 Å². The van der Waals surface area contributed by atoms with Gasteiger partial charge in [0.1, 0.15) is 11.6 Å². The maximum Gasteiger partial charge on any atom is 0.230 e. The number of carbonyl (C=O) groups is 2. The Kier molecular flexibility index (Phi) is 10.2. The maximum absolute atomic E-state index is 12.7. The number of amides is 1. The van der Waals surface area contributed by atoms with Gasteiger partial charge < -0.3 is 15.2 Å². The number of aliphatic imine (C=N–C) groups is 2. The largest absolute Gasteiger partial charge is 0.443 e. The van der Waals surface area contributed by atoms with Crippen LogP contribution in [0.3, 0.4) is 0 Å². The van der Waals surface area contributed by atoms with Crippen molar-refractivity contribution in [1.29, 1.82) is 0 Å². The lowest BCUT2D eigenvalue weighted by Gasteiger charge is -2.19. The minimum Gasteiger partial charge on any atom is -0.443 e. The topological polar surface area (TPSA) is 100 Å². The SMILES string of the molecule is CN=C(N=C(OC1=CC(=O)CCC1)/C(C)=C\c1ccc(Cl)cc1)C(C)C(=O)NCCC(C)(C)O. The van der Waals surface area contributed by atoms with Gasteiger partial charge in [-0.2, -0.15) is 4.99 Å². The molecular weight excluding hydrogens is 454 g/mol. The summed E-state index contributed by atoms with van der Waals surface area (Å²) >= 11 is 5.99. The van der Waals surface area contributed by atoms with Crippen LogP contribution in [0.2, 0.25) is 5.02 Å². The Morgan fingerprint density at radius 2 is 1.97 bits per heavy atom. The third-order valence-electron chi connectivity index (χ3n) is 5.25. The standard InChI is InChI=1S/C26H34ClN3O4/c1-17(15-19-9-11-20(27)12-10-19)25(34-22-8-6-7-21(31)16-22)30-23(28-5)18(2)24(32)29-14-13-26(3,4)33/h9-12,15-16,18,33H,6-8,13-14H2,1-5H3,(H,29,32)/b17-15-,28-23?,30-25?. The summed E-state index contributed by atoms with van der Waals surface area (Å²) in [5.74, 6) is 0.227. The molecule has 0 aromatic heterocycles. The highest BCUT2D eigenvalue weighted by Gasteiger charge is 2.22. The number of ether oxygens (including phenoxy) is 1. The molecule has 0 bridgehead atoms. The second kappa shape index (κ2) is 12.6. The Labute approximate surface area is 206 Å². The summed E-state index contributed by atoms with van der Waals surface area (Å²) in [5, 5.41) is 13.3. The molecule has 2 rings (SSSR count). The smallest absolute Gasteiger partial charge is 0.230 e. The molecule has 1 atom stereocenters. The fourth-order valence-electron chi connectivity index (χ4n) is 3.23. The van der Waals surface area contributed by atoms with Gasteiger partial charge in [-0.1, -0.05) is 23.7 Å². The number of hydrogen-bond acceptors (Lipinski definition) is 5. The van der Waals surface area contributed by atoms with E-state index in [4.69, 9.17) is 16.3 Å². The highest BCUT2D eigenvalue weighted by molar-refractivity contribution is 6.30. The van der Waals surface area contributed by atoms with Crippen molar-refractivity contribution in [2.24, 2.45) is 15.9 Å². The first kappa shape index (κ1) is 27.5. The Hall–Kier alpha value is -2.77. The summed E-state index contributed by atoms with van der Waals surface area (Å²) in [6.45, 7) is 7.28. The summed E-state index contributed by atoms with van der Waals surface area (Å²) in [6, 6.07) is 7.33. The van der Waals surface area contributed by atoms with Gasteiger partial charge >= 0.3 is 0 Å². The van der Waals surface area contributed by atoms with Gasteiger partial charge in [-0.3, -0.25) is 14.6 Å². The monoisotopic (exact) mass is 487 g/mol. The first-order valence-corrected chi connectivity index (χ1v) is 11.8. The molecule has 1 unspecified atom stereocenters. The molecule has 0 heterocycles. The molecule has 0 saturated carbocycles. The van der Waals surface area contributed by atoms with E-state index in [1.54, 1.807) is 40.0 Å². The lowest BCUT2D eigenvalue weighted by molar-refractivity contribution is -0.122. The van der Waals surface area contributed by atoms with Crippen molar-refractivity contribution in [1.82, 2.24) is 5.32 Å². The number of ketones is 1. The molecule has 2 N–H and O–H groups in total. The van der Waals surface area contributed by atoms with Gasteiger partial charge in [0.05, 0.1) is 11.5 Å². The van der Waals surface area contributed by atoms with Gasteiger partial charge in [-0.15, -0.1) is 0 Å². The third kappa shape index (κ3) is 9.23. The van der Waals surface area contributed by atoms with Crippen LogP contribution in [0.15, 0.2) is 51.7 Å². The molecule has 0 saturated heterocycles. The summed E-state index contributed by atoms with van der Waals surface area (Å²) in [6.07, 6.45) is 5.66. The van der Waals surface area contributed by atoms with Crippen LogP contribution in [0.25, 0.3) is 6.08 Å². The van der Waals surface area contributed by atoms with Crippen LogP contribution < -0.4 is 5.32 Å². The van der Waals surface area contributed by atoms with E-state index in [1.165, 1.54) is 6.08 Å². The number of halogens is 1. The Bertz CT molecular complexity index is 1000. The molecule has 34 heavy (non-hydrogen) atoms. The van der Waals surface area contributed by atoms with Crippen molar-refractivity contribution < 1.29 is 19.4 Å². The van der Waals surface area contributed by atoms with Crippen molar-refractivity contribution in [2.75, 3.05) is 13.6 Å². The number of rotatable bonds is 8. The number of hydrogen-bond donors (Lipinski definition) is 2. The van der Waals surface area contributed by atoms with Crippen molar-refractivity contribution in [3.05, 3.63) is 52.3 Å². The van der Waals surface area contributed by atoms with Crippen LogP contribution in [0.1, 0.15) is 58.9 Å². The summed E-state index contributed by atoms with van der Waals surface area (Å²) in [5.41, 5.74) is 0.739. The molecule has 1 aliphatic rings. The number of nitrogens with zero attached hydrogens (tertiary/aromatic N) is 2. The predicted molar refractivity (Wildman–Crippen MR) is 137 cm³/mol. The van der Waals surface area contributed by atoms with Crippen molar-refractivity contribution in [3.8, 4) is 0 Å². The molecule has 1 aromatic carbocycles. The van der Waals surface area contributed by atoms with Crippen LogP contribution >= 0.6 is 11.6 Å². The second-order valence-corrected chi connectivity index (χ2v) is 9.42. The molecule has 1 aromatic rings. The highest BCUT2D eigenvalue weighted by atomic mass is 35.5. The first-order valence-electron chi connectivity index (χ1n) is 11.4. The Balaban J connectivity index is 2.31. The van der Waals surface area contributed by atoms with Gasteiger partial charge in [-0.25, -0.2) is 0 Å². The van der Waals surface area contributed by atoms with E-state index in [9.17, 15) is 14.7 Å². The quantitative estimate of drug-likeness (QED) is 0.408. The zero-order valence-corrected chi connectivity index (χ0v) is 21.3. The molecular formula is C26H34ClN3O4. The second-order valence-electron chi connectivity index (χ2n) is 8.99. The molecule has 8 heteroatoms. The average Bonchev–Trinajstić information content (AvgIpc) is 2.76. The van der Waals surface area contributed by atoms with E-state index < -0.39 is 11.5 Å². The number of carbonyl (C=O) groups excluding carboxylic acids is 2. The molecule has 0 spiro atoms. The lowest BCUT2D eigenvalue weighted by Crippen LogP contribution is -2.36. The first-order chi connectivity index (χ1) is 16.0. The fraction of sp³-hybridized carbons (Fsp3) is 0.462. The molecule has 184 valence electrons. The zero-order valence-electron chi connectivity index (χ0n) is 20.5. The van der Waals surface area contributed by atoms with Crippen molar-refractivity contribution in [2.45, 2.75) is 59.0 Å². The van der Waals surface area contributed by atoms with Gasteiger partial charge in [0.2, 0.25) is 11.8 Å². The third-order valence-corrected chi connectivity index (χ3v) is 5.50. The minimum absolute atomic E-state index is 0.0175. The molecule has 1 amide bonds. The Morgan fingerprint density at radius 1 is 1.29 bits per heavy atom. The Morgan fingerprint density at radius 3 is 2.56 bits per heavy atom. The fourth-order valence-corrected chi connectivity index (χ4v) is 3.36. The van der Waals surface area contributed by atoms with Crippen molar-refractivity contribution in [3.63, 3.8) is 0 Å². The zero-order chi connectivity index (χ0) is 25.3. The summed E-state index contributed by atoms with van der Waals surface area (Å²) in [4.78, 5) is 33.4. The van der Waals surface area contributed by atoms with E-state index in [1.807, 2.05) is 25.1 Å². The van der Waals surface area contributed by atoms with Crippen LogP contribution in [-0.4, -0.2) is 47.7 Å². The van der Waals surface area contributed by atoms with Crippen LogP contribution in [0, 0.1) is 5.92 Å². The van der Waals surface area contributed by atoms with Crippen LogP contribution in [-0.2, 0) is 14.3 Å². The number of amidine groups is 1. The van der Waals surface area contributed by atoms with Gasteiger partial charge in [-0.05, 0) is 64.3 Å². The summed E-state index contributed by atoms with van der Waals surface area (Å²) < 4.78 is 6.06. The lowest BCUT2D eigenvalue weighted by atomic mass is 10.0. The van der Waals surface area contributed by atoms with Crippen LogP contribution in [0.4, 0.5) is 0 Å². The summed E-state index contributed by atoms with van der Waals surface area (Å²) in [7, 11) is 1.57. The number of nitrogens with one attached hydrogen (secondary N) is 1. The molecule has 1 aliphatic carbocycles. The van der Waals surface area contributed by atoms with Gasteiger partial charge in [0, 0.05) is 43.1 Å². The molecule has 0 fully saturated rings. The van der Waals surface area contributed by atoms with E-state index in [0.717, 1.165) is 5.56 Å². The molecule has 7 nitrogen and oxygen atoms in total. The van der Waals surface area contributed by atoms with E-state index in [0.29, 0.717) is 54.4 Å². The maximum atomic E-state index is 12.7. The highest BCUT2D eigenvalue weighted by Crippen LogP contribution is 2.20. The van der Waals surface area contributed by atoms with E-state index in [2.05, 4.69) is 15.3 Å². The van der Waals surface area contributed by atoms with Gasteiger partial charge in [0.25, 0.3) is 0 Å². The van der Waals surface area contributed by atoms with Crippen LogP contribution in [0.5, 0.6) is 0 Å². The van der Waals surface area contributed by atoms with Crippen molar-refractivity contribution >= 4 is 41.1 Å². The predicted octanol–water partition coefficient (Wildman–Crippen LogP) is 4.74. The van der Waals surface area contributed by atoms with E-state index in [-0.39, 0.29) is 17.6 Å².